The number of aryl methyl sites for hydroxylation is 1. The van der Waals surface area contributed by atoms with Crippen molar-refractivity contribution in [1.82, 2.24) is 9.78 Å². The Morgan fingerprint density at radius 1 is 1.28 bits per heavy atom. The zero-order valence-corrected chi connectivity index (χ0v) is 12.3. The number of benzene rings is 1. The number of aliphatic hydroxyl groups is 1. The average Bonchev–Trinajstić information content (AvgIpc) is 2.71. The fourth-order valence-corrected chi connectivity index (χ4v) is 2.55. The number of nitrogens with zero attached hydrogens (tertiary/aromatic N) is 2. The summed E-state index contributed by atoms with van der Waals surface area (Å²) >= 11 is 3.46. The van der Waals surface area contributed by atoms with Crippen molar-refractivity contribution in [1.29, 1.82) is 0 Å². The summed E-state index contributed by atoms with van der Waals surface area (Å²) in [5.41, 5.74) is 2.80. The zero-order chi connectivity index (χ0) is 13.3. The van der Waals surface area contributed by atoms with Crippen LogP contribution in [-0.2, 0) is 0 Å². The lowest BCUT2D eigenvalue weighted by Gasteiger charge is -2.18. The van der Waals surface area contributed by atoms with Gasteiger partial charge in [-0.05, 0) is 47.8 Å². The van der Waals surface area contributed by atoms with Crippen LogP contribution >= 0.6 is 15.9 Å². The van der Waals surface area contributed by atoms with Crippen LogP contribution in [0.3, 0.4) is 0 Å². The Balaban J connectivity index is 2.49. The third kappa shape index (κ3) is 2.35. The van der Waals surface area contributed by atoms with Crippen molar-refractivity contribution in [3.8, 4) is 0 Å². The highest BCUT2D eigenvalue weighted by Crippen LogP contribution is 2.31. The van der Waals surface area contributed by atoms with Crippen LogP contribution in [0.5, 0.6) is 0 Å². The summed E-state index contributed by atoms with van der Waals surface area (Å²) in [7, 11) is 0. The second-order valence-corrected chi connectivity index (χ2v) is 5.53. The minimum atomic E-state index is -0.662. The molecule has 1 unspecified atom stereocenters. The van der Waals surface area contributed by atoms with Gasteiger partial charge in [-0.15, -0.1) is 0 Å². The molecule has 0 saturated heterocycles. The van der Waals surface area contributed by atoms with Crippen LogP contribution in [0, 0.1) is 6.92 Å². The molecule has 0 amide bonds. The maximum atomic E-state index is 10.6. The number of rotatable bonds is 3. The Labute approximate surface area is 116 Å². The predicted molar refractivity (Wildman–Crippen MR) is 75.6 cm³/mol. The Kier molecular flexibility index (Phi) is 3.88. The van der Waals surface area contributed by atoms with Gasteiger partial charge in [0.2, 0.25) is 0 Å². The molecule has 0 spiro atoms. The molecule has 0 fully saturated rings. The monoisotopic (exact) mass is 308 g/mol. The molecule has 1 aromatic heterocycles. The molecule has 2 aromatic rings. The van der Waals surface area contributed by atoms with Gasteiger partial charge in [0.15, 0.2) is 0 Å². The number of halogens is 1. The molecule has 0 aliphatic carbocycles. The third-order valence-electron chi connectivity index (χ3n) is 3.02. The molecule has 3 nitrogen and oxygen atoms in total. The van der Waals surface area contributed by atoms with Crippen LogP contribution in [0.1, 0.15) is 42.8 Å². The Morgan fingerprint density at radius 3 is 2.56 bits per heavy atom. The van der Waals surface area contributed by atoms with E-state index in [-0.39, 0.29) is 6.04 Å². The minimum Gasteiger partial charge on any atom is -0.382 e. The first-order chi connectivity index (χ1) is 8.52. The van der Waals surface area contributed by atoms with E-state index in [9.17, 15) is 5.11 Å². The van der Waals surface area contributed by atoms with Gasteiger partial charge in [-0.3, -0.25) is 4.68 Å². The van der Waals surface area contributed by atoms with Gasteiger partial charge in [0.05, 0.1) is 16.4 Å². The van der Waals surface area contributed by atoms with Gasteiger partial charge in [-0.25, -0.2) is 0 Å². The van der Waals surface area contributed by atoms with Crippen LogP contribution < -0.4 is 0 Å². The highest BCUT2D eigenvalue weighted by molar-refractivity contribution is 9.10. The molecule has 1 N–H and O–H groups in total. The predicted octanol–water partition coefficient (Wildman–Crippen LogP) is 3.62. The normalized spacial score (nSPS) is 13.0. The molecule has 18 heavy (non-hydrogen) atoms. The second kappa shape index (κ2) is 5.24. The van der Waals surface area contributed by atoms with Crippen LogP contribution in [0.4, 0.5) is 0 Å². The molecule has 2 rings (SSSR count). The number of aliphatic hydroxyl groups excluding tert-OH is 1. The summed E-state index contributed by atoms with van der Waals surface area (Å²) in [4.78, 5) is 0. The lowest BCUT2D eigenvalue weighted by molar-refractivity contribution is 0.203. The largest absolute Gasteiger partial charge is 0.382 e. The van der Waals surface area contributed by atoms with Gasteiger partial charge in [0, 0.05) is 6.04 Å². The van der Waals surface area contributed by atoms with E-state index in [0.717, 1.165) is 21.3 Å². The van der Waals surface area contributed by atoms with Crippen molar-refractivity contribution in [3.05, 3.63) is 51.8 Å². The SMILES string of the molecule is Cc1ccccc1C(O)c1c(Br)cnn1C(C)C. The summed E-state index contributed by atoms with van der Waals surface area (Å²) in [6.45, 7) is 6.10. The van der Waals surface area contributed by atoms with Crippen LogP contribution in [0.2, 0.25) is 0 Å². The zero-order valence-electron chi connectivity index (χ0n) is 10.8. The molecule has 0 saturated carbocycles. The van der Waals surface area contributed by atoms with E-state index in [0.29, 0.717) is 0 Å². The molecule has 0 aliphatic rings. The number of hydrogen-bond donors (Lipinski definition) is 1. The topological polar surface area (TPSA) is 38.1 Å². The van der Waals surface area contributed by atoms with Gasteiger partial charge >= 0.3 is 0 Å². The minimum absolute atomic E-state index is 0.213. The summed E-state index contributed by atoms with van der Waals surface area (Å²) in [5.74, 6) is 0. The molecular formula is C14H17BrN2O. The summed E-state index contributed by atoms with van der Waals surface area (Å²) < 4.78 is 2.69. The molecule has 1 aromatic carbocycles. The van der Waals surface area contributed by atoms with Gasteiger partial charge in [0.1, 0.15) is 6.10 Å². The van der Waals surface area contributed by atoms with E-state index in [1.54, 1.807) is 6.20 Å². The third-order valence-corrected chi connectivity index (χ3v) is 3.63. The van der Waals surface area contributed by atoms with E-state index in [1.165, 1.54) is 0 Å². The highest BCUT2D eigenvalue weighted by Gasteiger charge is 2.21. The number of aromatic nitrogens is 2. The van der Waals surface area contributed by atoms with Gasteiger partial charge in [-0.2, -0.15) is 5.10 Å². The molecule has 96 valence electrons. The Hall–Kier alpha value is -1.13. The molecule has 1 heterocycles. The average molecular weight is 309 g/mol. The first-order valence-corrected chi connectivity index (χ1v) is 6.78. The molecule has 0 aliphatic heterocycles. The fraction of sp³-hybridized carbons (Fsp3) is 0.357. The van der Waals surface area contributed by atoms with Crippen molar-refractivity contribution in [2.24, 2.45) is 0 Å². The van der Waals surface area contributed by atoms with Crippen LogP contribution in [0.15, 0.2) is 34.9 Å². The van der Waals surface area contributed by atoms with E-state index in [4.69, 9.17) is 0 Å². The second-order valence-electron chi connectivity index (χ2n) is 4.68. The molecular weight excluding hydrogens is 292 g/mol. The fourth-order valence-electron chi connectivity index (χ4n) is 2.06. The lowest BCUT2D eigenvalue weighted by Crippen LogP contribution is -2.13. The Bertz CT molecular complexity index is 548. The van der Waals surface area contributed by atoms with Gasteiger partial charge < -0.3 is 5.11 Å². The first kappa shape index (κ1) is 13.3. The highest BCUT2D eigenvalue weighted by atomic mass is 79.9. The lowest BCUT2D eigenvalue weighted by atomic mass is 10.0. The van der Waals surface area contributed by atoms with Crippen molar-refractivity contribution in [2.45, 2.75) is 32.9 Å². The van der Waals surface area contributed by atoms with E-state index in [1.807, 2.05) is 49.7 Å². The van der Waals surface area contributed by atoms with Crippen LogP contribution in [0.25, 0.3) is 0 Å². The Morgan fingerprint density at radius 2 is 1.94 bits per heavy atom. The quantitative estimate of drug-likeness (QED) is 0.940. The van der Waals surface area contributed by atoms with Gasteiger partial charge in [0.25, 0.3) is 0 Å². The van der Waals surface area contributed by atoms with E-state index < -0.39 is 6.10 Å². The molecule has 1 atom stereocenters. The van der Waals surface area contributed by atoms with Crippen LogP contribution in [-0.4, -0.2) is 14.9 Å². The van der Waals surface area contributed by atoms with E-state index >= 15 is 0 Å². The molecule has 0 bridgehead atoms. The summed E-state index contributed by atoms with van der Waals surface area (Å²) in [6.07, 6.45) is 1.07. The van der Waals surface area contributed by atoms with Gasteiger partial charge in [-0.1, -0.05) is 24.3 Å². The standard InChI is InChI=1S/C14H17BrN2O/c1-9(2)17-13(12(15)8-16-17)14(18)11-7-5-4-6-10(11)3/h4-9,14,18H,1-3H3. The molecule has 4 heteroatoms. The van der Waals surface area contributed by atoms with E-state index in [2.05, 4.69) is 21.0 Å². The molecule has 0 radical (unpaired) electrons. The van der Waals surface area contributed by atoms with Crippen molar-refractivity contribution >= 4 is 15.9 Å². The summed E-state index contributed by atoms with van der Waals surface area (Å²) in [6, 6.07) is 8.08. The summed E-state index contributed by atoms with van der Waals surface area (Å²) in [5, 5.41) is 14.9. The first-order valence-electron chi connectivity index (χ1n) is 5.99. The van der Waals surface area contributed by atoms with Crippen molar-refractivity contribution in [3.63, 3.8) is 0 Å². The smallest absolute Gasteiger partial charge is 0.122 e. The van der Waals surface area contributed by atoms with Crippen molar-refractivity contribution < 1.29 is 5.11 Å². The maximum absolute atomic E-state index is 10.6. The van der Waals surface area contributed by atoms with Crippen molar-refractivity contribution in [2.75, 3.05) is 0 Å². The number of hydrogen-bond acceptors (Lipinski definition) is 2. The maximum Gasteiger partial charge on any atom is 0.122 e.